The van der Waals surface area contributed by atoms with E-state index < -0.39 is 0 Å². The fourth-order valence-electron chi connectivity index (χ4n) is 3.24. The molecule has 0 radical (unpaired) electrons. The Hall–Kier alpha value is -0.130. The zero-order chi connectivity index (χ0) is 9.87. The first-order valence-corrected chi connectivity index (χ1v) is 5.31. The molecule has 0 N–H and O–H groups in total. The second-order valence-electron chi connectivity index (χ2n) is 4.61. The van der Waals surface area contributed by atoms with Gasteiger partial charge in [0.05, 0.1) is 24.3 Å². The lowest BCUT2D eigenvalue weighted by Crippen LogP contribution is -2.45. The zero-order valence-electron chi connectivity index (χ0n) is 9.05. The van der Waals surface area contributed by atoms with Gasteiger partial charge in [-0.3, -0.25) is 9.69 Å². The van der Waals surface area contributed by atoms with Crippen LogP contribution < -0.4 is 0 Å². The Balaban J connectivity index is 0.000000853. The summed E-state index contributed by atoms with van der Waals surface area (Å²) in [5, 5.41) is 0. The lowest BCUT2D eigenvalue weighted by Gasteiger charge is -2.26. The van der Waals surface area contributed by atoms with E-state index in [1.807, 2.05) is 11.9 Å². The fraction of sp³-hybridized carbons (Fsp3) is 0.900. The number of ether oxygens (including phenoxy) is 1. The monoisotopic (exact) mass is 276 g/mol. The molecule has 0 aromatic rings. The van der Waals surface area contributed by atoms with E-state index in [1.54, 1.807) is 6.92 Å². The van der Waals surface area contributed by atoms with Crippen LogP contribution in [0.5, 0.6) is 0 Å². The minimum absolute atomic E-state index is 0. The molecular weight excluding hydrogens is 260 g/mol. The van der Waals surface area contributed by atoms with Crippen molar-refractivity contribution < 1.29 is 9.53 Å². The Bertz CT molecular complexity index is 273. The van der Waals surface area contributed by atoms with Crippen LogP contribution in [0.2, 0.25) is 0 Å². The van der Waals surface area contributed by atoms with Gasteiger partial charge in [-0.15, -0.1) is 17.0 Å². The fourth-order valence-corrected chi connectivity index (χ4v) is 3.24. The van der Waals surface area contributed by atoms with Crippen molar-refractivity contribution in [2.45, 2.75) is 37.6 Å². The molecule has 86 valence electrons. The van der Waals surface area contributed by atoms with Gasteiger partial charge in [0.2, 0.25) is 5.91 Å². The zero-order valence-corrected chi connectivity index (χ0v) is 10.8. The number of fused-ring (bicyclic) bond motifs is 1. The summed E-state index contributed by atoms with van der Waals surface area (Å²) in [7, 11) is 1.90. The molecule has 4 unspecified atom stereocenters. The van der Waals surface area contributed by atoms with Gasteiger partial charge >= 0.3 is 0 Å². The molecule has 3 aliphatic rings. The average molecular weight is 277 g/mol. The Kier molecular flexibility index (Phi) is 2.81. The highest BCUT2D eigenvalue weighted by Crippen LogP contribution is 2.41. The number of hydrogen-bond acceptors (Lipinski definition) is 3. The lowest BCUT2D eigenvalue weighted by atomic mass is 10.1. The van der Waals surface area contributed by atoms with Gasteiger partial charge in [-0.25, -0.2) is 0 Å². The molecule has 5 heteroatoms. The van der Waals surface area contributed by atoms with E-state index in [-0.39, 0.29) is 29.0 Å². The summed E-state index contributed by atoms with van der Waals surface area (Å²) in [4.78, 5) is 15.7. The second-order valence-corrected chi connectivity index (χ2v) is 4.61. The van der Waals surface area contributed by atoms with Crippen molar-refractivity contribution in [2.24, 2.45) is 0 Å². The standard InChI is InChI=1S/C10H16N2O2.BrH/c1-6(13)11(2)9-8-5-12-4-3-7(14-8)10(9)12;/h7-10H,3-5H2,1-2H3;1H. The molecule has 4 atom stereocenters. The third kappa shape index (κ3) is 1.44. The van der Waals surface area contributed by atoms with Gasteiger partial charge < -0.3 is 9.64 Å². The molecule has 3 fully saturated rings. The van der Waals surface area contributed by atoms with Crippen LogP contribution in [0.15, 0.2) is 0 Å². The first kappa shape index (κ1) is 11.4. The predicted molar refractivity (Wildman–Crippen MR) is 61.2 cm³/mol. The SMILES string of the molecule is Br.CC(=O)N(C)C1C2CN3CCC(O2)C13. The quantitative estimate of drug-likeness (QED) is 0.689. The lowest BCUT2D eigenvalue weighted by molar-refractivity contribution is -0.130. The van der Waals surface area contributed by atoms with Gasteiger partial charge in [0.25, 0.3) is 0 Å². The summed E-state index contributed by atoms with van der Waals surface area (Å²) in [5.41, 5.74) is 0. The van der Waals surface area contributed by atoms with E-state index in [2.05, 4.69) is 4.90 Å². The van der Waals surface area contributed by atoms with Crippen LogP contribution in [0.3, 0.4) is 0 Å². The number of carbonyl (C=O) groups excluding carboxylic acids is 1. The third-order valence-corrected chi connectivity index (χ3v) is 3.94. The smallest absolute Gasteiger partial charge is 0.219 e. The van der Waals surface area contributed by atoms with Crippen LogP contribution in [0.4, 0.5) is 0 Å². The maximum Gasteiger partial charge on any atom is 0.219 e. The predicted octanol–water partition coefficient (Wildman–Crippen LogP) is 0.266. The van der Waals surface area contributed by atoms with Crippen molar-refractivity contribution in [1.29, 1.82) is 0 Å². The minimum Gasteiger partial charge on any atom is -0.370 e. The van der Waals surface area contributed by atoms with E-state index in [0.29, 0.717) is 18.2 Å². The molecule has 0 spiro atoms. The summed E-state index contributed by atoms with van der Waals surface area (Å²) >= 11 is 0. The second kappa shape index (κ2) is 3.71. The Morgan fingerprint density at radius 1 is 1.47 bits per heavy atom. The van der Waals surface area contributed by atoms with Gasteiger partial charge in [0, 0.05) is 27.1 Å². The summed E-state index contributed by atoms with van der Waals surface area (Å²) in [6, 6.07) is 0.786. The van der Waals surface area contributed by atoms with Crippen molar-refractivity contribution in [2.75, 3.05) is 20.1 Å². The van der Waals surface area contributed by atoms with Crippen LogP contribution >= 0.6 is 17.0 Å². The molecule has 0 saturated carbocycles. The van der Waals surface area contributed by atoms with Crippen LogP contribution in [0, 0.1) is 0 Å². The summed E-state index contributed by atoms with van der Waals surface area (Å²) in [6.07, 6.45) is 1.80. The number of amides is 1. The van der Waals surface area contributed by atoms with E-state index in [1.165, 1.54) is 0 Å². The van der Waals surface area contributed by atoms with Gasteiger partial charge in [-0.05, 0) is 6.42 Å². The van der Waals surface area contributed by atoms with Crippen molar-refractivity contribution in [3.05, 3.63) is 0 Å². The molecule has 1 amide bonds. The van der Waals surface area contributed by atoms with E-state index in [0.717, 1.165) is 19.5 Å². The normalized spacial score (nSPS) is 41.7. The molecule has 0 aliphatic carbocycles. The molecule has 3 saturated heterocycles. The third-order valence-electron chi connectivity index (χ3n) is 3.94. The highest BCUT2D eigenvalue weighted by molar-refractivity contribution is 8.93. The summed E-state index contributed by atoms with van der Waals surface area (Å²) in [6.45, 7) is 3.80. The van der Waals surface area contributed by atoms with Gasteiger partial charge in [0.1, 0.15) is 0 Å². The van der Waals surface area contributed by atoms with Crippen molar-refractivity contribution >= 4 is 22.9 Å². The maximum absolute atomic E-state index is 11.3. The van der Waals surface area contributed by atoms with Crippen LogP contribution in [-0.4, -0.2) is 60.1 Å². The first-order valence-electron chi connectivity index (χ1n) is 5.31. The molecule has 0 aromatic carbocycles. The Labute approximate surface area is 100 Å². The van der Waals surface area contributed by atoms with E-state index >= 15 is 0 Å². The maximum atomic E-state index is 11.3. The van der Waals surface area contributed by atoms with Crippen LogP contribution in [-0.2, 0) is 9.53 Å². The minimum atomic E-state index is 0. The van der Waals surface area contributed by atoms with Gasteiger partial charge in [-0.2, -0.15) is 0 Å². The average Bonchev–Trinajstić information content (AvgIpc) is 2.70. The highest BCUT2D eigenvalue weighted by Gasteiger charge is 2.58. The molecule has 4 nitrogen and oxygen atoms in total. The topological polar surface area (TPSA) is 32.8 Å². The Morgan fingerprint density at radius 2 is 2.20 bits per heavy atom. The number of carbonyl (C=O) groups is 1. The molecular formula is C10H17BrN2O2. The number of morpholine rings is 1. The van der Waals surface area contributed by atoms with Crippen LogP contribution in [0.25, 0.3) is 0 Å². The molecule has 3 aliphatic heterocycles. The summed E-state index contributed by atoms with van der Waals surface area (Å²) < 4.78 is 5.90. The largest absolute Gasteiger partial charge is 0.370 e. The first-order chi connectivity index (χ1) is 6.68. The molecule has 0 aromatic heterocycles. The van der Waals surface area contributed by atoms with Crippen molar-refractivity contribution in [3.63, 3.8) is 0 Å². The van der Waals surface area contributed by atoms with Gasteiger partial charge in [-0.1, -0.05) is 0 Å². The van der Waals surface area contributed by atoms with E-state index in [9.17, 15) is 4.79 Å². The Morgan fingerprint density at radius 3 is 2.80 bits per heavy atom. The molecule has 3 rings (SSSR count). The molecule has 3 heterocycles. The van der Waals surface area contributed by atoms with E-state index in [4.69, 9.17) is 4.74 Å². The number of hydrogen-bond donors (Lipinski definition) is 0. The number of nitrogens with zero attached hydrogens (tertiary/aromatic N) is 2. The number of likely N-dealkylation sites (N-methyl/N-ethyl adjacent to an activating group) is 1. The van der Waals surface area contributed by atoms with Crippen molar-refractivity contribution in [1.82, 2.24) is 9.80 Å². The number of halogens is 1. The van der Waals surface area contributed by atoms with Crippen LogP contribution in [0.1, 0.15) is 13.3 Å². The molecule has 15 heavy (non-hydrogen) atoms. The molecule has 2 bridgehead atoms. The highest BCUT2D eigenvalue weighted by atomic mass is 79.9. The van der Waals surface area contributed by atoms with Crippen molar-refractivity contribution in [3.8, 4) is 0 Å². The van der Waals surface area contributed by atoms with Gasteiger partial charge in [0.15, 0.2) is 0 Å². The number of rotatable bonds is 1. The summed E-state index contributed by atoms with van der Waals surface area (Å²) in [5.74, 6) is 0.151.